The van der Waals surface area contributed by atoms with Crippen molar-refractivity contribution in [2.45, 2.75) is 238 Å². The monoisotopic (exact) mass is 759 g/mol. The van der Waals surface area contributed by atoms with Crippen molar-refractivity contribution < 1.29 is 28.4 Å². The fraction of sp³-hybridized carbons (Fsp3) is 0.930. The molecule has 1 amide bonds. The molecule has 0 heterocycles. The average molecular weight is 759 g/mol. The molecule has 0 fully saturated rings. The minimum atomic E-state index is -4.33. The summed E-state index contributed by atoms with van der Waals surface area (Å²) in [5.41, 5.74) is 5.37. The molecule has 0 aromatic rings. The van der Waals surface area contributed by atoms with Crippen molar-refractivity contribution in [3.8, 4) is 0 Å². The third-order valence-corrected chi connectivity index (χ3v) is 11.1. The molecule has 52 heavy (non-hydrogen) atoms. The van der Waals surface area contributed by atoms with Crippen LogP contribution in [0.2, 0.25) is 0 Å². The molecule has 0 aliphatic heterocycles. The standard InChI is InChI=1S/C43H87N2O6P/c1-3-5-7-9-11-13-15-17-19-20-21-23-25-27-29-31-33-35-37-43(47)45-41(40-51-52(48,49)50-39-38-44)42(46)36-34-32-30-28-26-24-22-18-16-14-12-10-8-6-4-2/h34,36,41-42,46H,3-33,35,37-40,44H2,1-2H3,(H,45,47)(H,48,49)/b36-34+. The van der Waals surface area contributed by atoms with E-state index >= 15 is 0 Å². The Bertz CT molecular complexity index is 829. The van der Waals surface area contributed by atoms with E-state index in [1.807, 2.05) is 6.08 Å². The van der Waals surface area contributed by atoms with Gasteiger partial charge in [0.25, 0.3) is 0 Å². The number of unbranched alkanes of at least 4 members (excludes halogenated alkanes) is 30. The molecule has 0 aromatic heterocycles. The van der Waals surface area contributed by atoms with Gasteiger partial charge in [0.2, 0.25) is 5.91 Å². The van der Waals surface area contributed by atoms with E-state index in [0.717, 1.165) is 38.5 Å². The van der Waals surface area contributed by atoms with Crippen LogP contribution in [0.5, 0.6) is 0 Å². The molecule has 0 aliphatic carbocycles. The van der Waals surface area contributed by atoms with Crippen LogP contribution in [0.3, 0.4) is 0 Å². The number of amides is 1. The Morgan fingerprint density at radius 3 is 1.37 bits per heavy atom. The van der Waals surface area contributed by atoms with Gasteiger partial charge in [-0.3, -0.25) is 13.8 Å². The van der Waals surface area contributed by atoms with Gasteiger partial charge >= 0.3 is 7.82 Å². The van der Waals surface area contributed by atoms with E-state index in [0.29, 0.717) is 6.42 Å². The average Bonchev–Trinajstić information content (AvgIpc) is 3.13. The van der Waals surface area contributed by atoms with Crippen LogP contribution >= 0.6 is 7.82 Å². The highest BCUT2D eigenvalue weighted by molar-refractivity contribution is 7.47. The Morgan fingerprint density at radius 1 is 0.615 bits per heavy atom. The number of nitrogens with one attached hydrogen (secondary N) is 1. The molecule has 0 aliphatic rings. The highest BCUT2D eigenvalue weighted by atomic mass is 31.2. The van der Waals surface area contributed by atoms with Crippen molar-refractivity contribution in [2.24, 2.45) is 5.73 Å². The van der Waals surface area contributed by atoms with Gasteiger partial charge in [0.15, 0.2) is 0 Å². The maximum absolute atomic E-state index is 12.8. The first-order valence-electron chi connectivity index (χ1n) is 22.3. The topological polar surface area (TPSA) is 131 Å². The van der Waals surface area contributed by atoms with Gasteiger partial charge in [-0.15, -0.1) is 0 Å². The zero-order valence-corrected chi connectivity index (χ0v) is 35.2. The summed E-state index contributed by atoms with van der Waals surface area (Å²) < 4.78 is 22.1. The summed E-state index contributed by atoms with van der Waals surface area (Å²) in [6.07, 6.45) is 44.0. The molecule has 0 spiro atoms. The number of nitrogens with two attached hydrogens (primary N) is 1. The predicted octanol–water partition coefficient (Wildman–Crippen LogP) is 12.4. The third-order valence-electron chi connectivity index (χ3n) is 10.1. The summed E-state index contributed by atoms with van der Waals surface area (Å²) in [6.45, 7) is 4.16. The lowest BCUT2D eigenvalue weighted by Crippen LogP contribution is -2.45. The minimum Gasteiger partial charge on any atom is -0.387 e. The molecule has 0 rings (SSSR count). The van der Waals surface area contributed by atoms with E-state index in [2.05, 4.69) is 19.2 Å². The van der Waals surface area contributed by atoms with Crippen molar-refractivity contribution in [1.82, 2.24) is 5.32 Å². The third kappa shape index (κ3) is 37.6. The highest BCUT2D eigenvalue weighted by Gasteiger charge is 2.26. The van der Waals surface area contributed by atoms with E-state index in [-0.39, 0.29) is 25.7 Å². The molecular formula is C43H87N2O6P. The SMILES string of the molecule is CCCCCCCCCCCCCCC/C=C/C(O)C(COP(=O)(O)OCCN)NC(=O)CCCCCCCCCCCCCCCCCCCC. The van der Waals surface area contributed by atoms with Crippen LogP contribution in [-0.2, 0) is 18.4 Å². The second kappa shape index (κ2) is 39.9. The van der Waals surface area contributed by atoms with Crippen LogP contribution in [0, 0.1) is 0 Å². The zero-order chi connectivity index (χ0) is 38.2. The molecule has 3 atom stereocenters. The van der Waals surface area contributed by atoms with Gasteiger partial charge in [-0.05, 0) is 19.3 Å². The first kappa shape index (κ1) is 51.2. The molecule has 0 saturated carbocycles. The molecule has 8 nitrogen and oxygen atoms in total. The number of hydrogen-bond donors (Lipinski definition) is 4. The van der Waals surface area contributed by atoms with E-state index in [9.17, 15) is 19.4 Å². The number of aliphatic hydroxyl groups is 1. The van der Waals surface area contributed by atoms with Crippen LogP contribution < -0.4 is 11.1 Å². The lowest BCUT2D eigenvalue weighted by molar-refractivity contribution is -0.123. The summed E-state index contributed by atoms with van der Waals surface area (Å²) in [4.78, 5) is 22.7. The first-order chi connectivity index (χ1) is 25.4. The second-order valence-corrected chi connectivity index (χ2v) is 16.7. The van der Waals surface area contributed by atoms with Crippen LogP contribution in [0.4, 0.5) is 0 Å². The fourth-order valence-corrected chi connectivity index (χ4v) is 7.48. The number of hydrogen-bond acceptors (Lipinski definition) is 6. The molecule has 5 N–H and O–H groups in total. The Balaban J connectivity index is 4.16. The Morgan fingerprint density at radius 2 is 0.981 bits per heavy atom. The Kier molecular flexibility index (Phi) is 39.3. The summed E-state index contributed by atoms with van der Waals surface area (Å²) in [5.74, 6) is -0.190. The lowest BCUT2D eigenvalue weighted by Gasteiger charge is -2.23. The molecule has 310 valence electrons. The normalized spacial score (nSPS) is 14.2. The second-order valence-electron chi connectivity index (χ2n) is 15.3. The molecule has 3 unspecified atom stereocenters. The fourth-order valence-electron chi connectivity index (χ4n) is 6.72. The molecule has 9 heteroatoms. The Hall–Kier alpha value is -0.760. The van der Waals surface area contributed by atoms with Crippen LogP contribution in [0.15, 0.2) is 12.2 Å². The maximum atomic E-state index is 12.8. The van der Waals surface area contributed by atoms with E-state index < -0.39 is 20.0 Å². The van der Waals surface area contributed by atoms with Gasteiger partial charge in [0, 0.05) is 13.0 Å². The van der Waals surface area contributed by atoms with Gasteiger partial charge in [-0.25, -0.2) is 4.57 Å². The van der Waals surface area contributed by atoms with Gasteiger partial charge in [0.1, 0.15) is 0 Å². The van der Waals surface area contributed by atoms with E-state index in [4.69, 9.17) is 14.8 Å². The quantitative estimate of drug-likeness (QED) is 0.0277. The number of carbonyl (C=O) groups is 1. The minimum absolute atomic E-state index is 0.0814. The van der Waals surface area contributed by atoms with Gasteiger partial charge < -0.3 is 21.1 Å². The van der Waals surface area contributed by atoms with Crippen LogP contribution in [0.25, 0.3) is 0 Å². The summed E-state index contributed by atoms with van der Waals surface area (Å²) in [7, 11) is -4.33. The summed E-state index contributed by atoms with van der Waals surface area (Å²) >= 11 is 0. The van der Waals surface area contributed by atoms with Crippen molar-refractivity contribution in [2.75, 3.05) is 19.8 Å². The molecular weight excluding hydrogens is 671 g/mol. The van der Waals surface area contributed by atoms with Crippen LogP contribution in [0.1, 0.15) is 226 Å². The number of allylic oxidation sites excluding steroid dienone is 1. The highest BCUT2D eigenvalue weighted by Crippen LogP contribution is 2.43. The lowest BCUT2D eigenvalue weighted by atomic mass is 10.0. The van der Waals surface area contributed by atoms with Crippen LogP contribution in [-0.4, -0.2) is 47.8 Å². The van der Waals surface area contributed by atoms with Gasteiger partial charge in [-0.2, -0.15) is 0 Å². The van der Waals surface area contributed by atoms with E-state index in [1.54, 1.807) is 6.08 Å². The largest absolute Gasteiger partial charge is 0.472 e. The van der Waals surface area contributed by atoms with Crippen molar-refractivity contribution in [3.05, 3.63) is 12.2 Å². The Labute approximate surface area is 322 Å². The van der Waals surface area contributed by atoms with Gasteiger partial charge in [-0.1, -0.05) is 212 Å². The molecule has 0 saturated heterocycles. The van der Waals surface area contributed by atoms with E-state index in [1.165, 1.54) is 167 Å². The van der Waals surface area contributed by atoms with Gasteiger partial charge in [0.05, 0.1) is 25.4 Å². The zero-order valence-electron chi connectivity index (χ0n) is 34.3. The number of phosphoric acid groups is 1. The number of aliphatic hydroxyl groups excluding tert-OH is 1. The van der Waals surface area contributed by atoms with Crippen molar-refractivity contribution in [1.29, 1.82) is 0 Å². The molecule has 0 radical (unpaired) electrons. The first-order valence-corrected chi connectivity index (χ1v) is 23.8. The molecule has 0 bridgehead atoms. The van der Waals surface area contributed by atoms with Crippen molar-refractivity contribution >= 4 is 13.7 Å². The predicted molar refractivity (Wildman–Crippen MR) is 222 cm³/mol. The molecule has 0 aromatic carbocycles. The maximum Gasteiger partial charge on any atom is 0.472 e. The summed E-state index contributed by atoms with van der Waals surface area (Å²) in [6, 6.07) is -0.854. The number of carbonyl (C=O) groups excluding carboxylic acids is 1. The smallest absolute Gasteiger partial charge is 0.387 e. The number of rotatable bonds is 42. The van der Waals surface area contributed by atoms with Crippen molar-refractivity contribution in [3.63, 3.8) is 0 Å². The number of phosphoric ester groups is 1. The summed E-state index contributed by atoms with van der Waals surface area (Å²) in [5, 5.41) is 13.7.